The molecule has 5 heteroatoms. The number of thiophene rings is 2. The first-order valence-electron chi connectivity index (χ1n) is 5.63. The van der Waals surface area contributed by atoms with Gasteiger partial charge in [-0.05, 0) is 22.9 Å². The molecule has 0 radical (unpaired) electrons. The smallest absolute Gasteiger partial charge is 0.124 e. The van der Waals surface area contributed by atoms with Crippen LogP contribution in [0.3, 0.4) is 0 Å². The average Bonchev–Trinajstić information content (AvgIpc) is 3.12. The molecule has 0 unspecified atom stereocenters. The van der Waals surface area contributed by atoms with Gasteiger partial charge < -0.3 is 9.84 Å². The standard InChI is InChI=1S/C13H12N2OS2/c1-2-13(17-5-1)10-6-12(18-9-10)8-14-7-11-3-4-16-15-11/h1-6,9,14H,7-8H2. The SMILES string of the molecule is c1csc(-c2csc(CNCc3ccon3)c2)c1. The summed E-state index contributed by atoms with van der Waals surface area (Å²) in [6, 6.07) is 8.35. The van der Waals surface area contributed by atoms with Gasteiger partial charge in [-0.25, -0.2) is 0 Å². The minimum atomic E-state index is 0.739. The van der Waals surface area contributed by atoms with Gasteiger partial charge in [0.2, 0.25) is 0 Å². The van der Waals surface area contributed by atoms with Crippen LogP contribution in [0.2, 0.25) is 0 Å². The van der Waals surface area contributed by atoms with E-state index >= 15 is 0 Å². The molecule has 1 N–H and O–H groups in total. The van der Waals surface area contributed by atoms with E-state index in [1.54, 1.807) is 28.9 Å². The first-order chi connectivity index (χ1) is 8.92. The number of aromatic nitrogens is 1. The summed E-state index contributed by atoms with van der Waals surface area (Å²) < 4.78 is 4.78. The van der Waals surface area contributed by atoms with Crippen molar-refractivity contribution in [3.8, 4) is 10.4 Å². The van der Waals surface area contributed by atoms with E-state index in [4.69, 9.17) is 4.52 Å². The number of hydrogen-bond donors (Lipinski definition) is 1. The molecule has 0 saturated carbocycles. The van der Waals surface area contributed by atoms with Crippen LogP contribution in [0.25, 0.3) is 10.4 Å². The molecule has 92 valence electrons. The van der Waals surface area contributed by atoms with E-state index in [9.17, 15) is 0 Å². The molecule has 0 bridgehead atoms. The lowest BCUT2D eigenvalue weighted by molar-refractivity contribution is 0.408. The molecule has 0 saturated heterocycles. The number of hydrogen-bond acceptors (Lipinski definition) is 5. The predicted molar refractivity (Wildman–Crippen MR) is 74.7 cm³/mol. The van der Waals surface area contributed by atoms with Crippen molar-refractivity contribution in [2.45, 2.75) is 13.1 Å². The van der Waals surface area contributed by atoms with Crippen molar-refractivity contribution in [1.82, 2.24) is 10.5 Å². The van der Waals surface area contributed by atoms with E-state index < -0.39 is 0 Å². The Morgan fingerprint density at radius 1 is 1.22 bits per heavy atom. The van der Waals surface area contributed by atoms with Gasteiger partial charge in [-0.15, -0.1) is 22.7 Å². The predicted octanol–water partition coefficient (Wildman–Crippen LogP) is 3.75. The Labute approximate surface area is 113 Å². The highest BCUT2D eigenvalue weighted by atomic mass is 32.1. The van der Waals surface area contributed by atoms with Crippen LogP contribution in [0.15, 0.2) is 45.8 Å². The highest BCUT2D eigenvalue weighted by Crippen LogP contribution is 2.29. The zero-order chi connectivity index (χ0) is 12.2. The van der Waals surface area contributed by atoms with E-state index in [-0.39, 0.29) is 0 Å². The summed E-state index contributed by atoms with van der Waals surface area (Å²) in [5.41, 5.74) is 2.25. The van der Waals surface area contributed by atoms with Gasteiger partial charge in [-0.2, -0.15) is 0 Å². The molecule has 0 aromatic carbocycles. The first-order valence-corrected chi connectivity index (χ1v) is 7.39. The van der Waals surface area contributed by atoms with Crippen molar-refractivity contribution < 1.29 is 4.52 Å². The molecule has 3 aromatic heterocycles. The van der Waals surface area contributed by atoms with Gasteiger partial charge in [0.05, 0.1) is 5.69 Å². The van der Waals surface area contributed by atoms with Gasteiger partial charge in [0.1, 0.15) is 6.26 Å². The molecule has 0 aliphatic carbocycles. The third-order valence-electron chi connectivity index (χ3n) is 2.56. The van der Waals surface area contributed by atoms with Crippen molar-refractivity contribution in [1.29, 1.82) is 0 Å². The van der Waals surface area contributed by atoms with Crippen LogP contribution in [-0.4, -0.2) is 5.16 Å². The summed E-state index contributed by atoms with van der Waals surface area (Å²) in [6.45, 7) is 1.60. The Hall–Kier alpha value is -1.43. The van der Waals surface area contributed by atoms with Gasteiger partial charge in [-0.3, -0.25) is 0 Å². The fraction of sp³-hybridized carbons (Fsp3) is 0.154. The van der Waals surface area contributed by atoms with Crippen LogP contribution in [0, 0.1) is 0 Å². The van der Waals surface area contributed by atoms with Crippen molar-refractivity contribution in [3.63, 3.8) is 0 Å². The molecular weight excluding hydrogens is 264 g/mol. The van der Waals surface area contributed by atoms with Gasteiger partial charge in [0.15, 0.2) is 0 Å². The normalized spacial score (nSPS) is 10.9. The second kappa shape index (κ2) is 5.48. The third-order valence-corrected chi connectivity index (χ3v) is 4.41. The molecule has 3 aromatic rings. The zero-order valence-electron chi connectivity index (χ0n) is 9.63. The second-order valence-corrected chi connectivity index (χ2v) is 5.82. The van der Waals surface area contributed by atoms with Gasteiger partial charge in [0, 0.05) is 34.5 Å². The summed E-state index contributed by atoms with van der Waals surface area (Å²) in [5, 5.41) is 11.5. The minimum absolute atomic E-state index is 0.739. The molecular formula is C13H12N2OS2. The first kappa shape index (κ1) is 11.6. The van der Waals surface area contributed by atoms with Gasteiger partial charge in [-0.1, -0.05) is 11.2 Å². The Kier molecular flexibility index (Phi) is 3.54. The third kappa shape index (κ3) is 2.69. The van der Waals surface area contributed by atoms with E-state index in [2.05, 4.69) is 39.4 Å². The van der Waals surface area contributed by atoms with Crippen molar-refractivity contribution in [3.05, 3.63) is 51.9 Å². The van der Waals surface area contributed by atoms with Crippen LogP contribution in [0.5, 0.6) is 0 Å². The summed E-state index contributed by atoms with van der Waals surface area (Å²) in [7, 11) is 0. The molecule has 3 rings (SSSR count). The quantitative estimate of drug-likeness (QED) is 0.771. The van der Waals surface area contributed by atoms with Crippen molar-refractivity contribution >= 4 is 22.7 Å². The molecule has 0 aliphatic rings. The molecule has 3 nitrogen and oxygen atoms in total. The van der Waals surface area contributed by atoms with E-state index in [0.717, 1.165) is 18.8 Å². The Bertz CT molecular complexity index is 584. The van der Waals surface area contributed by atoms with Crippen LogP contribution in [-0.2, 0) is 13.1 Å². The van der Waals surface area contributed by atoms with Crippen molar-refractivity contribution in [2.75, 3.05) is 0 Å². The fourth-order valence-electron chi connectivity index (χ4n) is 1.69. The van der Waals surface area contributed by atoms with Crippen LogP contribution in [0.1, 0.15) is 10.6 Å². The largest absolute Gasteiger partial charge is 0.364 e. The highest BCUT2D eigenvalue weighted by molar-refractivity contribution is 7.14. The number of rotatable bonds is 5. The molecule has 0 amide bonds. The lowest BCUT2D eigenvalue weighted by atomic mass is 10.2. The maximum Gasteiger partial charge on any atom is 0.124 e. The second-order valence-electron chi connectivity index (χ2n) is 3.87. The van der Waals surface area contributed by atoms with Crippen LogP contribution < -0.4 is 5.32 Å². The summed E-state index contributed by atoms with van der Waals surface area (Å²) in [6.07, 6.45) is 1.59. The Morgan fingerprint density at radius 3 is 3.00 bits per heavy atom. The maximum absolute atomic E-state index is 4.78. The average molecular weight is 276 g/mol. The van der Waals surface area contributed by atoms with Gasteiger partial charge in [0.25, 0.3) is 0 Å². The molecule has 3 heterocycles. The fourth-order valence-corrected chi connectivity index (χ4v) is 3.33. The summed E-state index contributed by atoms with van der Waals surface area (Å²) in [5.74, 6) is 0. The summed E-state index contributed by atoms with van der Waals surface area (Å²) >= 11 is 3.56. The Morgan fingerprint density at radius 2 is 2.22 bits per heavy atom. The zero-order valence-corrected chi connectivity index (χ0v) is 11.3. The minimum Gasteiger partial charge on any atom is -0.364 e. The monoisotopic (exact) mass is 276 g/mol. The van der Waals surface area contributed by atoms with Gasteiger partial charge >= 0.3 is 0 Å². The molecule has 18 heavy (non-hydrogen) atoms. The molecule has 0 spiro atoms. The maximum atomic E-state index is 4.78. The lowest BCUT2D eigenvalue weighted by Gasteiger charge is -1.98. The lowest BCUT2D eigenvalue weighted by Crippen LogP contribution is -2.11. The van der Waals surface area contributed by atoms with Crippen molar-refractivity contribution in [2.24, 2.45) is 0 Å². The van der Waals surface area contributed by atoms with E-state index in [1.807, 2.05) is 6.07 Å². The highest BCUT2D eigenvalue weighted by Gasteiger charge is 2.03. The van der Waals surface area contributed by atoms with Crippen LogP contribution >= 0.6 is 22.7 Å². The number of nitrogens with one attached hydrogen (secondary N) is 1. The van der Waals surface area contributed by atoms with E-state index in [0.29, 0.717) is 0 Å². The Balaban J connectivity index is 1.57. The topological polar surface area (TPSA) is 38.1 Å². The van der Waals surface area contributed by atoms with E-state index in [1.165, 1.54) is 15.3 Å². The van der Waals surface area contributed by atoms with Crippen LogP contribution in [0.4, 0.5) is 0 Å². The molecule has 0 fully saturated rings. The molecule has 0 atom stereocenters. The molecule has 0 aliphatic heterocycles. The summed E-state index contributed by atoms with van der Waals surface area (Å²) in [4.78, 5) is 2.66. The number of nitrogens with zero attached hydrogens (tertiary/aromatic N) is 1.